The van der Waals surface area contributed by atoms with E-state index < -0.39 is 11.2 Å². The van der Waals surface area contributed by atoms with E-state index in [1.54, 1.807) is 0 Å². The summed E-state index contributed by atoms with van der Waals surface area (Å²) in [4.78, 5) is 48.8. The number of aromatic nitrogens is 4. The Morgan fingerprint density at radius 2 is 0.945 bits per heavy atom. The number of hydrogen-bond acceptors (Lipinski definition) is 14. The predicted molar refractivity (Wildman–Crippen MR) is 300 cm³/mol. The Morgan fingerprint density at radius 3 is 1.38 bits per heavy atom. The molecule has 0 atom stereocenters. The summed E-state index contributed by atoms with van der Waals surface area (Å²) in [5.41, 5.74) is 16.4. The van der Waals surface area contributed by atoms with Gasteiger partial charge in [-0.3, -0.25) is 4.90 Å². The Labute approximate surface area is 437 Å². The molecule has 4 fully saturated rings. The zero-order chi connectivity index (χ0) is 51.0. The molecule has 16 nitrogen and oxygen atoms in total. The Bertz CT molecular complexity index is 2420. The number of anilines is 2. The second kappa shape index (κ2) is 28.7. The highest BCUT2D eigenvalue weighted by molar-refractivity contribution is 5.82. The van der Waals surface area contributed by atoms with Gasteiger partial charge in [-0.1, -0.05) is 81.6 Å². The fraction of sp³-hybridized carbons (Fsp3) is 0.579. The number of fused-ring (bicyclic) bond motifs is 2. The summed E-state index contributed by atoms with van der Waals surface area (Å²) < 4.78 is 10.5. The van der Waals surface area contributed by atoms with Crippen LogP contribution in [0, 0.1) is 13.8 Å². The van der Waals surface area contributed by atoms with Gasteiger partial charge in [0.05, 0.1) is 22.4 Å². The molecule has 0 bridgehead atoms. The molecule has 0 aliphatic carbocycles. The van der Waals surface area contributed by atoms with E-state index in [4.69, 9.17) is 25.9 Å². The number of likely N-dealkylation sites (tertiary alicyclic amines) is 1. The van der Waals surface area contributed by atoms with Crippen molar-refractivity contribution >= 4 is 45.9 Å². The van der Waals surface area contributed by atoms with Gasteiger partial charge in [0.1, 0.15) is 11.2 Å². The van der Waals surface area contributed by atoms with E-state index in [2.05, 4.69) is 82.0 Å². The van der Waals surface area contributed by atoms with Crippen LogP contribution in [-0.4, -0.2) is 125 Å². The van der Waals surface area contributed by atoms with Crippen LogP contribution in [0.25, 0.3) is 21.8 Å². The van der Waals surface area contributed by atoms with Gasteiger partial charge in [0, 0.05) is 67.7 Å². The second-order valence-electron chi connectivity index (χ2n) is 21.3. The number of rotatable bonds is 6. The van der Waals surface area contributed by atoms with E-state index in [0.29, 0.717) is 12.1 Å². The minimum absolute atomic E-state index is 0. The summed E-state index contributed by atoms with van der Waals surface area (Å²) in [6.07, 6.45) is 7.37. The number of hydrogen-bond donors (Lipinski definition) is 5. The van der Waals surface area contributed by atoms with Gasteiger partial charge >= 0.3 is 12.2 Å². The lowest BCUT2D eigenvalue weighted by atomic mass is 10.1. The van der Waals surface area contributed by atoms with Gasteiger partial charge in [-0.25, -0.2) is 29.5 Å². The lowest BCUT2D eigenvalue weighted by Crippen LogP contribution is -2.46. The van der Waals surface area contributed by atoms with Gasteiger partial charge in [0.2, 0.25) is 11.9 Å². The first-order chi connectivity index (χ1) is 33.9. The summed E-state index contributed by atoms with van der Waals surface area (Å²) in [6.45, 7) is 24.2. The number of amides is 2. The van der Waals surface area contributed by atoms with Crippen LogP contribution in [0.5, 0.6) is 0 Å². The number of piperidine rings is 4. The van der Waals surface area contributed by atoms with Crippen LogP contribution >= 0.6 is 0 Å². The van der Waals surface area contributed by atoms with Crippen molar-refractivity contribution in [2.45, 2.75) is 164 Å². The molecule has 5 aromatic rings. The largest absolute Gasteiger partial charge is 0.444 e. The topological polar surface area (TPSA) is 202 Å². The molecule has 0 radical (unpaired) electrons. The average molecular weight is 1010 g/mol. The van der Waals surface area contributed by atoms with Crippen molar-refractivity contribution in [1.29, 1.82) is 0 Å². The molecule has 402 valence electrons. The van der Waals surface area contributed by atoms with Gasteiger partial charge in [0.15, 0.2) is 0 Å². The van der Waals surface area contributed by atoms with Crippen LogP contribution in [0.2, 0.25) is 0 Å². The fourth-order valence-electron chi connectivity index (χ4n) is 8.91. The molecule has 4 aliphatic rings. The monoisotopic (exact) mass is 1010 g/mol. The molecule has 4 aliphatic heterocycles. The van der Waals surface area contributed by atoms with E-state index in [-0.39, 0.29) is 39.1 Å². The second-order valence-corrected chi connectivity index (χ2v) is 21.3. The highest BCUT2D eigenvalue weighted by atomic mass is 16.6. The highest BCUT2D eigenvalue weighted by Crippen LogP contribution is 2.24. The summed E-state index contributed by atoms with van der Waals surface area (Å²) in [7, 11) is 0. The van der Waals surface area contributed by atoms with Crippen LogP contribution in [0.3, 0.4) is 0 Å². The number of alkyl carbamates (subject to hydrolysis) is 2. The maximum Gasteiger partial charge on any atom is 0.407 e. The normalized spacial score (nSPS) is 17.2. The molecule has 3 aromatic carbocycles. The van der Waals surface area contributed by atoms with Crippen LogP contribution in [0.15, 0.2) is 78.9 Å². The first kappa shape index (κ1) is 59.9. The molecular formula is C57H90N12O4. The SMILES string of the molecule is C.C.CC(C)(C)OC(=O)NC1CCNCC1.Cc1nc(N2CCC(N)CC2)nc2ccccc12.Cc1nc(N2CCC(NC(=O)OC(C)(C)C)CC2)nc2ccccc12.NC1CCN(Cc2ccccc2)CC1. The van der Waals surface area contributed by atoms with Crippen molar-refractivity contribution in [1.82, 2.24) is 40.8 Å². The van der Waals surface area contributed by atoms with Gasteiger partial charge < -0.3 is 46.7 Å². The highest BCUT2D eigenvalue weighted by Gasteiger charge is 2.26. The number of nitrogens with zero attached hydrogens (tertiary/aromatic N) is 7. The van der Waals surface area contributed by atoms with Crippen LogP contribution < -0.4 is 37.2 Å². The van der Waals surface area contributed by atoms with Crippen LogP contribution in [0.1, 0.15) is 125 Å². The van der Waals surface area contributed by atoms with Crippen LogP contribution in [-0.2, 0) is 16.0 Å². The average Bonchev–Trinajstić information content (AvgIpc) is 3.33. The van der Waals surface area contributed by atoms with Crippen molar-refractivity contribution in [3.8, 4) is 0 Å². The molecule has 4 saturated heterocycles. The molecular weight excluding hydrogens is 917 g/mol. The van der Waals surface area contributed by atoms with Crippen molar-refractivity contribution in [3.63, 3.8) is 0 Å². The number of benzene rings is 3. The third kappa shape index (κ3) is 20.3. The third-order valence-electron chi connectivity index (χ3n) is 12.8. The number of ether oxygens (including phenoxy) is 2. The predicted octanol–water partition coefficient (Wildman–Crippen LogP) is 9.44. The molecule has 16 heteroatoms. The Morgan fingerprint density at radius 1 is 0.562 bits per heavy atom. The number of nitrogens with one attached hydrogen (secondary N) is 3. The van der Waals surface area contributed by atoms with E-state index >= 15 is 0 Å². The Hall–Kier alpha value is -5.68. The Balaban J connectivity index is 0.000000215. The lowest BCUT2D eigenvalue weighted by molar-refractivity contribution is 0.0484. The smallest absolute Gasteiger partial charge is 0.407 e. The van der Waals surface area contributed by atoms with E-state index in [1.165, 1.54) is 5.56 Å². The molecule has 0 spiro atoms. The summed E-state index contributed by atoms with van der Waals surface area (Å²) in [5.74, 6) is 1.62. The van der Waals surface area contributed by atoms with Crippen molar-refractivity contribution < 1.29 is 19.1 Å². The van der Waals surface area contributed by atoms with E-state index in [1.807, 2.05) is 97.9 Å². The molecule has 6 heterocycles. The number of carbonyl (C=O) groups is 2. The number of carbonyl (C=O) groups excluding carboxylic acids is 2. The number of para-hydroxylation sites is 2. The van der Waals surface area contributed by atoms with Crippen molar-refractivity contribution in [3.05, 3.63) is 95.8 Å². The van der Waals surface area contributed by atoms with Crippen LogP contribution in [0.4, 0.5) is 21.5 Å². The maximum atomic E-state index is 11.9. The lowest BCUT2D eigenvalue weighted by Gasteiger charge is -2.33. The first-order valence-electron chi connectivity index (χ1n) is 25.8. The fourth-order valence-corrected chi connectivity index (χ4v) is 8.91. The van der Waals surface area contributed by atoms with Gasteiger partial charge in [-0.15, -0.1) is 0 Å². The van der Waals surface area contributed by atoms with Gasteiger partial charge in [-0.05, 0) is 151 Å². The van der Waals surface area contributed by atoms with Gasteiger partial charge in [0.25, 0.3) is 0 Å². The molecule has 7 N–H and O–H groups in total. The minimum atomic E-state index is -0.471. The molecule has 0 saturated carbocycles. The van der Waals surface area contributed by atoms with Crippen molar-refractivity contribution in [2.24, 2.45) is 11.5 Å². The molecule has 9 rings (SSSR count). The van der Waals surface area contributed by atoms with E-state index in [9.17, 15) is 9.59 Å². The Kier molecular flexibility index (Phi) is 23.5. The quantitative estimate of drug-likeness (QED) is 0.108. The first-order valence-corrected chi connectivity index (χ1v) is 25.8. The van der Waals surface area contributed by atoms with Crippen molar-refractivity contribution in [2.75, 3.05) is 62.2 Å². The van der Waals surface area contributed by atoms with E-state index in [0.717, 1.165) is 155 Å². The molecule has 2 aromatic heterocycles. The molecule has 2 amide bonds. The summed E-state index contributed by atoms with van der Waals surface area (Å²) in [5, 5.41) is 11.3. The maximum absolute atomic E-state index is 11.9. The minimum Gasteiger partial charge on any atom is -0.444 e. The summed E-state index contributed by atoms with van der Waals surface area (Å²) in [6, 6.07) is 28.0. The van der Waals surface area contributed by atoms with Gasteiger partial charge in [-0.2, -0.15) is 0 Å². The molecule has 73 heavy (non-hydrogen) atoms. The number of nitrogens with two attached hydrogens (primary N) is 2. The molecule has 0 unspecified atom stereocenters. The zero-order valence-corrected chi connectivity index (χ0v) is 43.8. The zero-order valence-electron chi connectivity index (χ0n) is 43.8. The third-order valence-corrected chi connectivity index (χ3v) is 12.8. The summed E-state index contributed by atoms with van der Waals surface area (Å²) >= 11 is 0. The number of aryl methyl sites for hydroxylation is 2. The standard InChI is InChI=1S/C19H26N4O2.C14H18N4.C12H18N2.C10H20N2O2.2CH4/c1-13-15-7-5-6-8-16(15)22-17(20-13)23-11-9-14(10-12-23)21-18(24)25-19(2,3)4;1-10-12-4-2-3-5-13(12)17-14(16-10)18-8-6-11(15)7-9-18;13-12-6-8-14(9-7-12)10-11-4-2-1-3-5-11;1-10(2,3)14-9(13)12-8-4-6-11-7-5-8;;/h5-8,14H,9-12H2,1-4H3,(H,21,24);2-5,11H,6-9,15H2,1H3;1-5,12H,6-10,13H2;8,11H,4-7H2,1-3H3,(H,12,13);2*1H4.